The van der Waals surface area contributed by atoms with Crippen LogP contribution in [-0.4, -0.2) is 29.7 Å². The van der Waals surface area contributed by atoms with E-state index in [1.54, 1.807) is 6.20 Å². The number of carbonyl (C=O) groups is 1. The van der Waals surface area contributed by atoms with E-state index in [1.807, 2.05) is 6.07 Å². The van der Waals surface area contributed by atoms with Crippen LogP contribution in [-0.2, 0) is 4.79 Å². The highest BCUT2D eigenvalue weighted by Gasteiger charge is 2.15. The molecule has 0 unspecified atom stereocenters. The highest BCUT2D eigenvalue weighted by molar-refractivity contribution is 9.10. The number of anilines is 1. The molecule has 0 aliphatic carbocycles. The quantitative estimate of drug-likeness (QED) is 0.910. The number of hydrogen-bond donors (Lipinski definition) is 1. The third kappa shape index (κ3) is 3.50. The van der Waals surface area contributed by atoms with Crippen molar-refractivity contribution in [1.82, 2.24) is 4.98 Å². The number of amides is 1. The molecule has 0 saturated carbocycles. The Morgan fingerprint density at radius 2 is 2.07 bits per heavy atom. The van der Waals surface area contributed by atoms with Crippen LogP contribution in [0.25, 0.3) is 0 Å². The number of hydrogen-bond acceptors (Lipinski definition) is 2. The summed E-state index contributed by atoms with van der Waals surface area (Å²) in [5.74, 6) is 0.586. The van der Waals surface area contributed by atoms with Crippen LogP contribution >= 0.6 is 26.0 Å². The van der Waals surface area contributed by atoms with E-state index in [0.717, 1.165) is 9.37 Å². The van der Waals surface area contributed by atoms with Crippen molar-refractivity contribution in [3.8, 4) is 0 Å². The lowest BCUT2D eigenvalue weighted by atomic mass is 10.4. The molecule has 0 bridgehead atoms. The standard InChI is InChI=1S/C10H15BrN2OS/c1-7(14)13-10-9(15(2,3)4)5-8(11)6-12-10/h5-6H,1-4H3,(H,12,13,14). The predicted octanol–water partition coefficient (Wildman–Crippen LogP) is 2.86. The van der Waals surface area contributed by atoms with Gasteiger partial charge in [-0.15, -0.1) is 0 Å². The van der Waals surface area contributed by atoms with Crippen LogP contribution in [0, 0.1) is 0 Å². The fraction of sp³-hybridized carbons (Fsp3) is 0.400. The van der Waals surface area contributed by atoms with Crippen molar-refractivity contribution in [2.24, 2.45) is 0 Å². The summed E-state index contributed by atoms with van der Waals surface area (Å²) < 4.78 is 0.939. The van der Waals surface area contributed by atoms with Crippen LogP contribution in [0.5, 0.6) is 0 Å². The highest BCUT2D eigenvalue weighted by Crippen LogP contribution is 2.49. The average molecular weight is 291 g/mol. The van der Waals surface area contributed by atoms with Gasteiger partial charge in [-0.25, -0.2) is 15.0 Å². The zero-order valence-corrected chi connectivity index (χ0v) is 11.7. The Morgan fingerprint density at radius 3 is 2.53 bits per heavy atom. The van der Waals surface area contributed by atoms with Gasteiger partial charge in [0.05, 0.1) is 0 Å². The molecule has 1 heterocycles. The topological polar surface area (TPSA) is 42.0 Å². The molecule has 1 amide bonds. The second kappa shape index (κ2) is 4.53. The van der Waals surface area contributed by atoms with Crippen molar-refractivity contribution in [3.63, 3.8) is 0 Å². The average Bonchev–Trinajstić information content (AvgIpc) is 2.05. The van der Waals surface area contributed by atoms with Gasteiger partial charge < -0.3 is 5.32 Å². The number of halogens is 1. The Balaban J connectivity index is 3.20. The van der Waals surface area contributed by atoms with Gasteiger partial charge in [-0.05, 0) is 40.8 Å². The molecule has 0 atom stereocenters. The molecule has 1 N–H and O–H groups in total. The third-order valence-corrected chi connectivity index (χ3v) is 3.84. The van der Waals surface area contributed by atoms with Crippen LogP contribution in [0.15, 0.2) is 21.6 Å². The molecule has 5 heteroatoms. The Hall–Kier alpha value is -0.550. The van der Waals surface area contributed by atoms with Gasteiger partial charge in [-0.2, -0.15) is 0 Å². The largest absolute Gasteiger partial charge is 0.310 e. The number of pyridine rings is 1. The van der Waals surface area contributed by atoms with Crippen molar-refractivity contribution < 1.29 is 4.79 Å². The van der Waals surface area contributed by atoms with Crippen molar-refractivity contribution in [1.29, 1.82) is 0 Å². The lowest BCUT2D eigenvalue weighted by Crippen LogP contribution is -2.10. The molecule has 0 aliphatic heterocycles. The minimum atomic E-state index is -0.909. The molecule has 0 spiro atoms. The van der Waals surface area contributed by atoms with Gasteiger partial charge in [0.1, 0.15) is 5.82 Å². The van der Waals surface area contributed by atoms with Crippen molar-refractivity contribution in [3.05, 3.63) is 16.7 Å². The molecule has 3 nitrogen and oxygen atoms in total. The summed E-state index contributed by atoms with van der Waals surface area (Å²) in [6.07, 6.45) is 8.20. The molecule has 84 valence electrons. The van der Waals surface area contributed by atoms with Gasteiger partial charge in [0, 0.05) is 22.5 Å². The zero-order chi connectivity index (χ0) is 11.6. The monoisotopic (exact) mass is 290 g/mol. The number of carbonyl (C=O) groups excluding carboxylic acids is 1. The number of aromatic nitrogens is 1. The summed E-state index contributed by atoms with van der Waals surface area (Å²) in [6, 6.07) is 2.02. The second-order valence-electron chi connectivity index (χ2n) is 4.02. The molecule has 1 aromatic rings. The molecule has 0 aliphatic rings. The van der Waals surface area contributed by atoms with Gasteiger partial charge in [0.2, 0.25) is 5.91 Å². The maximum atomic E-state index is 11.0. The molecule has 15 heavy (non-hydrogen) atoms. The molecular formula is C10H15BrN2OS. The molecule has 0 saturated heterocycles. The van der Waals surface area contributed by atoms with Crippen LogP contribution < -0.4 is 5.32 Å². The maximum absolute atomic E-state index is 11.0. The first-order valence-corrected chi connectivity index (χ1v) is 8.07. The summed E-state index contributed by atoms with van der Waals surface area (Å²) >= 11 is 3.39. The Labute approximate surface area is 100 Å². The van der Waals surface area contributed by atoms with E-state index in [4.69, 9.17) is 0 Å². The van der Waals surface area contributed by atoms with Crippen molar-refractivity contribution >= 4 is 37.7 Å². The Morgan fingerprint density at radius 1 is 1.47 bits per heavy atom. The van der Waals surface area contributed by atoms with E-state index in [0.29, 0.717) is 5.82 Å². The molecule has 1 rings (SSSR count). The lowest BCUT2D eigenvalue weighted by Gasteiger charge is -2.27. The van der Waals surface area contributed by atoms with Crippen LogP contribution in [0.1, 0.15) is 6.92 Å². The summed E-state index contributed by atoms with van der Waals surface area (Å²) in [7, 11) is -0.909. The minimum absolute atomic E-state index is 0.0882. The SMILES string of the molecule is CC(=O)Nc1ncc(Br)cc1S(C)(C)C. The Bertz CT molecular complexity index is 387. The second-order valence-corrected chi connectivity index (χ2v) is 9.05. The summed E-state index contributed by atoms with van der Waals surface area (Å²) in [5, 5.41) is 2.76. The highest BCUT2D eigenvalue weighted by atomic mass is 79.9. The van der Waals surface area contributed by atoms with Gasteiger partial charge in [-0.1, -0.05) is 0 Å². The normalized spacial score (nSPS) is 12.3. The summed E-state index contributed by atoms with van der Waals surface area (Å²) in [4.78, 5) is 16.4. The van der Waals surface area contributed by atoms with E-state index in [-0.39, 0.29) is 5.91 Å². The first-order chi connectivity index (χ1) is 6.80. The Kier molecular flexibility index (Phi) is 3.78. The van der Waals surface area contributed by atoms with Crippen LogP contribution in [0.2, 0.25) is 0 Å². The molecule has 0 radical (unpaired) electrons. The van der Waals surface area contributed by atoms with E-state index in [9.17, 15) is 4.79 Å². The van der Waals surface area contributed by atoms with E-state index >= 15 is 0 Å². The molecule has 1 aromatic heterocycles. The fourth-order valence-electron chi connectivity index (χ4n) is 1.15. The summed E-state index contributed by atoms with van der Waals surface area (Å²) in [5.41, 5.74) is 0. The summed E-state index contributed by atoms with van der Waals surface area (Å²) in [6.45, 7) is 1.49. The van der Waals surface area contributed by atoms with Crippen molar-refractivity contribution in [2.45, 2.75) is 11.8 Å². The van der Waals surface area contributed by atoms with E-state index in [2.05, 4.69) is 45.0 Å². The van der Waals surface area contributed by atoms with Crippen molar-refractivity contribution in [2.75, 3.05) is 24.1 Å². The van der Waals surface area contributed by atoms with Crippen LogP contribution in [0.3, 0.4) is 0 Å². The van der Waals surface area contributed by atoms with E-state index in [1.165, 1.54) is 6.92 Å². The van der Waals surface area contributed by atoms with Gasteiger partial charge in [0.15, 0.2) is 0 Å². The molecular weight excluding hydrogens is 276 g/mol. The zero-order valence-electron chi connectivity index (χ0n) is 9.30. The van der Waals surface area contributed by atoms with Gasteiger partial charge in [0.25, 0.3) is 0 Å². The predicted molar refractivity (Wildman–Crippen MR) is 69.9 cm³/mol. The number of nitrogens with one attached hydrogen (secondary N) is 1. The maximum Gasteiger partial charge on any atom is 0.222 e. The van der Waals surface area contributed by atoms with Gasteiger partial charge in [-0.3, -0.25) is 4.79 Å². The molecule has 0 aromatic carbocycles. The number of nitrogens with zero attached hydrogens (tertiary/aromatic N) is 1. The minimum Gasteiger partial charge on any atom is -0.310 e. The number of rotatable bonds is 2. The molecule has 0 fully saturated rings. The smallest absolute Gasteiger partial charge is 0.222 e. The van der Waals surface area contributed by atoms with E-state index < -0.39 is 10.0 Å². The fourth-order valence-corrected chi connectivity index (χ4v) is 2.80. The van der Waals surface area contributed by atoms with Gasteiger partial charge >= 0.3 is 0 Å². The first kappa shape index (κ1) is 12.5. The lowest BCUT2D eigenvalue weighted by molar-refractivity contribution is -0.114. The van der Waals surface area contributed by atoms with Crippen LogP contribution in [0.4, 0.5) is 5.82 Å². The first-order valence-electron chi connectivity index (χ1n) is 4.42. The third-order valence-electron chi connectivity index (χ3n) is 1.77.